The number of rotatable bonds is 1. The van der Waals surface area contributed by atoms with Crippen molar-refractivity contribution in [1.82, 2.24) is 0 Å². The van der Waals surface area contributed by atoms with E-state index in [0.717, 1.165) is 6.07 Å². The molecule has 1 rings (SSSR count). The molecule has 57 valence electrons. The highest BCUT2D eigenvalue weighted by Gasteiger charge is 2.11. The summed E-state index contributed by atoms with van der Waals surface area (Å²) in [5.74, 6) is -2.03. The van der Waals surface area contributed by atoms with Crippen LogP contribution in [0.4, 0.5) is 4.39 Å². The van der Waals surface area contributed by atoms with Gasteiger partial charge in [0.1, 0.15) is 5.82 Å². The van der Waals surface area contributed by atoms with E-state index < -0.39 is 16.8 Å². The quantitative estimate of drug-likeness (QED) is 0.705. The van der Waals surface area contributed by atoms with Crippen molar-refractivity contribution in [2.45, 2.75) is 0 Å². The van der Waals surface area contributed by atoms with Crippen LogP contribution in [0.2, 0.25) is 5.02 Å². The minimum absolute atomic E-state index is 0.341. The Labute approximate surface area is 67.2 Å². The largest absolute Gasteiger partial charge is 0.478 e. The van der Waals surface area contributed by atoms with Crippen LogP contribution in [0.1, 0.15) is 10.4 Å². The number of hydrogen-bond acceptors (Lipinski definition) is 1. The first-order valence-corrected chi connectivity index (χ1v) is 3.09. The maximum atomic E-state index is 12.5. The van der Waals surface area contributed by atoms with E-state index in [0.29, 0.717) is 0 Å². The molecule has 1 radical (unpaired) electrons. The summed E-state index contributed by atoms with van der Waals surface area (Å²) in [6.07, 6.45) is 0. The van der Waals surface area contributed by atoms with Crippen molar-refractivity contribution >= 4 is 17.6 Å². The maximum absolute atomic E-state index is 12.5. The molecule has 0 aliphatic carbocycles. The zero-order chi connectivity index (χ0) is 8.43. The van der Waals surface area contributed by atoms with Gasteiger partial charge in [0.25, 0.3) is 0 Å². The molecule has 2 nitrogen and oxygen atoms in total. The molecular formula is C7H3ClFO2. The van der Waals surface area contributed by atoms with Crippen LogP contribution in [0.5, 0.6) is 0 Å². The molecule has 0 aliphatic rings. The molecular weight excluding hydrogens is 171 g/mol. The van der Waals surface area contributed by atoms with Gasteiger partial charge < -0.3 is 5.11 Å². The smallest absolute Gasteiger partial charge is 0.337 e. The lowest BCUT2D eigenvalue weighted by Crippen LogP contribution is -1.98. The van der Waals surface area contributed by atoms with Gasteiger partial charge in [-0.25, -0.2) is 9.18 Å². The monoisotopic (exact) mass is 173 g/mol. The van der Waals surface area contributed by atoms with E-state index in [9.17, 15) is 9.18 Å². The van der Waals surface area contributed by atoms with Crippen molar-refractivity contribution in [3.05, 3.63) is 34.6 Å². The Hall–Kier alpha value is -1.09. The molecule has 0 saturated heterocycles. The van der Waals surface area contributed by atoms with Gasteiger partial charge in [-0.1, -0.05) is 17.7 Å². The fourth-order valence-electron chi connectivity index (χ4n) is 0.610. The predicted molar refractivity (Wildman–Crippen MR) is 37.2 cm³/mol. The Balaban J connectivity index is 3.27. The van der Waals surface area contributed by atoms with Gasteiger partial charge in [-0.15, -0.1) is 0 Å². The fraction of sp³-hybridized carbons (Fsp3) is 0. The minimum Gasteiger partial charge on any atom is -0.478 e. The van der Waals surface area contributed by atoms with Crippen molar-refractivity contribution in [2.75, 3.05) is 0 Å². The Bertz CT molecular complexity index is 298. The van der Waals surface area contributed by atoms with E-state index in [1.165, 1.54) is 6.07 Å². The molecule has 1 aromatic carbocycles. The molecule has 0 aromatic heterocycles. The predicted octanol–water partition coefficient (Wildman–Crippen LogP) is 1.98. The summed E-state index contributed by atoms with van der Waals surface area (Å²) in [4.78, 5) is 10.3. The number of carboxylic acid groups (broad SMARTS) is 1. The topological polar surface area (TPSA) is 37.3 Å². The van der Waals surface area contributed by atoms with E-state index in [1.54, 1.807) is 0 Å². The van der Waals surface area contributed by atoms with E-state index in [1.807, 2.05) is 0 Å². The van der Waals surface area contributed by atoms with Crippen LogP contribution in [-0.4, -0.2) is 11.1 Å². The number of benzene rings is 1. The summed E-state index contributed by atoms with van der Waals surface area (Å²) in [7, 11) is 0. The lowest BCUT2D eigenvalue weighted by molar-refractivity contribution is 0.0696. The summed E-state index contributed by atoms with van der Waals surface area (Å²) in [6, 6.07) is 4.53. The molecule has 0 amide bonds. The third-order valence-electron chi connectivity index (χ3n) is 1.10. The van der Waals surface area contributed by atoms with Crippen molar-refractivity contribution in [3.63, 3.8) is 0 Å². The van der Waals surface area contributed by atoms with Gasteiger partial charge in [-0.2, -0.15) is 0 Å². The molecule has 0 saturated carbocycles. The normalized spacial score (nSPS) is 9.64. The first-order chi connectivity index (χ1) is 5.13. The average Bonchev–Trinajstić information content (AvgIpc) is 1.94. The van der Waals surface area contributed by atoms with Gasteiger partial charge >= 0.3 is 5.97 Å². The van der Waals surface area contributed by atoms with Crippen molar-refractivity contribution < 1.29 is 14.3 Å². The highest BCUT2D eigenvalue weighted by Crippen LogP contribution is 2.18. The summed E-state index contributed by atoms with van der Waals surface area (Å²) in [6.45, 7) is 0. The van der Waals surface area contributed by atoms with Gasteiger partial charge in [0, 0.05) is 0 Å². The maximum Gasteiger partial charge on any atom is 0.337 e. The third-order valence-corrected chi connectivity index (χ3v) is 1.47. The Morgan fingerprint density at radius 1 is 1.73 bits per heavy atom. The van der Waals surface area contributed by atoms with Crippen LogP contribution < -0.4 is 0 Å². The average molecular weight is 174 g/mol. The molecule has 0 spiro atoms. The Kier molecular flexibility index (Phi) is 2.10. The molecule has 0 heterocycles. The van der Waals surface area contributed by atoms with Gasteiger partial charge in [0.2, 0.25) is 0 Å². The van der Waals surface area contributed by atoms with E-state index in [-0.39, 0.29) is 5.56 Å². The zero-order valence-electron chi connectivity index (χ0n) is 5.27. The summed E-state index contributed by atoms with van der Waals surface area (Å²) in [5, 5.41) is 8.00. The van der Waals surface area contributed by atoms with Crippen LogP contribution in [0.15, 0.2) is 12.1 Å². The van der Waals surface area contributed by atoms with E-state index in [4.69, 9.17) is 16.7 Å². The van der Waals surface area contributed by atoms with Crippen LogP contribution in [0.25, 0.3) is 0 Å². The highest BCUT2D eigenvalue weighted by atomic mass is 35.5. The van der Waals surface area contributed by atoms with Crippen molar-refractivity contribution in [3.8, 4) is 0 Å². The molecule has 0 atom stereocenters. The Morgan fingerprint density at radius 2 is 2.36 bits per heavy atom. The van der Waals surface area contributed by atoms with Crippen LogP contribution in [-0.2, 0) is 0 Å². The fourth-order valence-corrected chi connectivity index (χ4v) is 0.808. The molecule has 4 heteroatoms. The number of carbonyl (C=O) groups is 1. The molecule has 0 fully saturated rings. The number of carboxylic acids is 1. The van der Waals surface area contributed by atoms with Gasteiger partial charge in [-0.3, -0.25) is 0 Å². The summed E-state index contributed by atoms with van der Waals surface area (Å²) >= 11 is 5.30. The first-order valence-electron chi connectivity index (χ1n) is 2.72. The molecule has 11 heavy (non-hydrogen) atoms. The summed E-state index contributed by atoms with van der Waals surface area (Å²) in [5.41, 5.74) is -0.341. The molecule has 0 bridgehead atoms. The van der Waals surface area contributed by atoms with Crippen LogP contribution in [0, 0.1) is 11.9 Å². The number of aromatic carboxylic acids is 1. The lowest BCUT2D eigenvalue weighted by Gasteiger charge is -1.96. The number of hydrogen-bond donors (Lipinski definition) is 1. The second kappa shape index (κ2) is 2.88. The molecule has 1 aromatic rings. The second-order valence-corrected chi connectivity index (χ2v) is 2.20. The van der Waals surface area contributed by atoms with Crippen LogP contribution in [0.3, 0.4) is 0 Å². The van der Waals surface area contributed by atoms with E-state index in [2.05, 4.69) is 6.07 Å². The summed E-state index contributed by atoms with van der Waals surface area (Å²) < 4.78 is 12.5. The lowest BCUT2D eigenvalue weighted by atomic mass is 10.2. The minimum atomic E-state index is -1.28. The van der Waals surface area contributed by atoms with E-state index >= 15 is 0 Å². The molecule has 1 N–H and O–H groups in total. The van der Waals surface area contributed by atoms with Crippen LogP contribution >= 0.6 is 11.6 Å². The zero-order valence-corrected chi connectivity index (χ0v) is 6.02. The van der Waals surface area contributed by atoms with Gasteiger partial charge in [0.15, 0.2) is 0 Å². The first kappa shape index (κ1) is 8.01. The SMILES string of the molecule is O=C(O)c1[c]ccc(F)c1Cl. The highest BCUT2D eigenvalue weighted by molar-refractivity contribution is 6.33. The molecule has 0 unspecified atom stereocenters. The van der Waals surface area contributed by atoms with Gasteiger partial charge in [0.05, 0.1) is 10.6 Å². The third kappa shape index (κ3) is 1.49. The number of halogens is 2. The molecule has 0 aliphatic heterocycles. The Morgan fingerprint density at radius 3 is 2.82 bits per heavy atom. The second-order valence-electron chi connectivity index (χ2n) is 1.82. The van der Waals surface area contributed by atoms with Crippen molar-refractivity contribution in [1.29, 1.82) is 0 Å². The standard InChI is InChI=1S/C7H3ClFO2/c8-6-4(7(10)11)2-1-3-5(6)9/h1,3H,(H,10,11). The van der Waals surface area contributed by atoms with Crippen molar-refractivity contribution in [2.24, 2.45) is 0 Å². The van der Waals surface area contributed by atoms with Gasteiger partial charge in [-0.05, 0) is 12.1 Å².